The third-order valence-corrected chi connectivity index (χ3v) is 19.8. The van der Waals surface area contributed by atoms with Crippen molar-refractivity contribution in [3.8, 4) is 0 Å². The van der Waals surface area contributed by atoms with Crippen LogP contribution < -0.4 is 0 Å². The normalized spacial score (nSPS) is 26.8. The zero-order chi connectivity index (χ0) is 96.9. The van der Waals surface area contributed by atoms with Crippen molar-refractivity contribution in [1.82, 2.24) is 0 Å². The first-order valence-corrected chi connectivity index (χ1v) is 53.2. The maximum Gasteiger partial charge on any atom is 3.00 e. The first-order chi connectivity index (χ1) is 51.9. The number of phosphoric ester groups is 18. The molecule has 103 heteroatoms. The van der Waals surface area contributed by atoms with E-state index in [1.54, 1.807) is 0 Å². The monoisotopic (exact) mass is 2220 g/mol. The first kappa shape index (κ1) is 127. The number of rotatable bonds is 36. The fourth-order valence-corrected chi connectivity index (χ4v) is 18.4. The summed E-state index contributed by atoms with van der Waals surface area (Å²) < 4.78 is 279. The Labute approximate surface area is 666 Å². The van der Waals surface area contributed by atoms with Gasteiger partial charge in [-0.2, -0.15) is 0 Å². The van der Waals surface area contributed by atoms with E-state index in [0.29, 0.717) is 0 Å². The molecule has 725 valence electrons. The molecule has 0 spiro atoms. The Kier molecular flexibility index (Phi) is 50.2. The maximum atomic E-state index is 11.4. The van der Waals surface area contributed by atoms with Crippen LogP contribution in [0.5, 0.6) is 0 Å². The van der Waals surface area contributed by atoms with Gasteiger partial charge in [0.25, 0.3) is 0 Å². The molecule has 0 aromatic heterocycles. The smallest absolute Gasteiger partial charge is 0.356 e. The molecule has 3 aliphatic rings. The van der Waals surface area contributed by atoms with Gasteiger partial charge in [0, 0.05) is 0 Å². The Hall–Kier alpha value is 0.0995. The van der Waals surface area contributed by atoms with Gasteiger partial charge >= 0.3 is 158 Å². The molecule has 0 saturated heterocycles. The second kappa shape index (κ2) is 47.6. The van der Waals surface area contributed by atoms with Crippen molar-refractivity contribution >= 4 is 141 Å². The van der Waals surface area contributed by atoms with Crippen LogP contribution >= 0.6 is 141 Å². The molecule has 0 heterocycles. The summed E-state index contributed by atoms with van der Waals surface area (Å²) >= 11 is 0. The van der Waals surface area contributed by atoms with Crippen LogP contribution in [0, 0.1) is 46.0 Å². The van der Waals surface area contributed by atoms with Crippen molar-refractivity contribution in [3.63, 3.8) is 0 Å². The molecule has 121 heavy (non-hydrogen) atoms. The van der Waals surface area contributed by atoms with Crippen LogP contribution in [0.4, 0.5) is 0 Å². The van der Waals surface area contributed by atoms with Gasteiger partial charge in [-0.3, -0.25) is 81.4 Å². The molecule has 0 unspecified atom stereocenters. The number of phosphoric acid groups is 18. The van der Waals surface area contributed by atoms with Crippen molar-refractivity contribution in [1.29, 1.82) is 0 Å². The van der Waals surface area contributed by atoms with Gasteiger partial charge in [0.05, 0.1) is 15.3 Å². The van der Waals surface area contributed by atoms with Gasteiger partial charge in [-0.1, -0.05) is 0 Å². The van der Waals surface area contributed by atoms with Gasteiger partial charge in [-0.05, 0) is 0 Å². The van der Waals surface area contributed by atoms with E-state index in [2.05, 4.69) is 81.4 Å². The SMILES string of the molecule is O=P(O)(O)OC1C(OP(=O)(O)O)C(OP(=O)(O)O)C(OP(=O)(O)O)C(OP(=O)(O)O)C1OP(=O)(O)O.O=P(O)(O)OC1C(OP(=O)(O)O)C(OP(=O)(O)O)C(OP(=O)(O)O)C(OP(=O)(O)O)C1OP(=O)(O)O.O=P(O)(O)OC1C(OP(=O)(O)O)C(OP(=O)(O)O)C(OP(=O)(O)O)C(OP(=O)(O)O)C1OP(=O)(O)O.O=[N+]([O-])[O-].O=[N+]([O-])[O-].O=[N+]([O-])[O-].[Fe+3]. The van der Waals surface area contributed by atoms with Crippen molar-refractivity contribution in [2.24, 2.45) is 0 Å². The molecule has 36 N–H and O–H groups in total. The summed E-state index contributed by atoms with van der Waals surface area (Å²) in [6.07, 6.45) is -56.6. The van der Waals surface area contributed by atoms with Crippen molar-refractivity contribution in [2.45, 2.75) is 110 Å². The molecule has 0 atom stereocenters. The third kappa shape index (κ3) is 63.7. The van der Waals surface area contributed by atoms with E-state index in [4.69, 9.17) is 222 Å². The van der Waals surface area contributed by atoms with Gasteiger partial charge in [0.15, 0.2) is 0 Å². The van der Waals surface area contributed by atoms with E-state index in [1.807, 2.05) is 0 Å². The third-order valence-electron chi connectivity index (χ3n) is 10.5. The van der Waals surface area contributed by atoms with E-state index < -0.39 is 266 Å². The average Bonchev–Trinajstić information content (AvgIpc) is 0.755. The summed E-state index contributed by atoms with van der Waals surface area (Å²) in [5.74, 6) is 0. The second-order valence-electron chi connectivity index (χ2n) is 19.8. The maximum absolute atomic E-state index is 11.4. The number of hydrogen-bond donors (Lipinski definition) is 36. The summed E-state index contributed by atoms with van der Waals surface area (Å²) in [4.78, 5) is 354. The topological polar surface area (TPSA) is 1400 Å². The van der Waals surface area contributed by atoms with Crippen molar-refractivity contribution < 1.29 is 372 Å². The van der Waals surface area contributed by atoms with Gasteiger partial charge in [-0.25, -0.2) is 82.2 Å². The standard InChI is InChI=1S/3C6H18O24P6.Fe.3NO3/c3*7-31(8,9)25-1-2(26-32(10,11)12)4(28-34(16,17)18)6(30-36(22,23)24)5(29-35(19,20)21)3(1)27-33(13,14)15;;3*2-1(3)4/h3*1-6H,(H2,7,8,9)(H2,10,11,12)(H2,13,14,15)(H2,16,17,18)(H2,19,20,21)(H2,22,23,24);;;;/q;;;+3;3*-1. The van der Waals surface area contributed by atoms with Gasteiger partial charge < -0.3 is 222 Å². The molecule has 0 bridgehead atoms. The van der Waals surface area contributed by atoms with E-state index in [-0.39, 0.29) is 17.1 Å². The summed E-state index contributed by atoms with van der Waals surface area (Å²) in [6, 6.07) is 0. The fraction of sp³-hybridized carbons (Fsp3) is 1.00. The number of hydrogen-bond acceptors (Lipinski definition) is 45. The fourth-order valence-electron chi connectivity index (χ4n) is 8.38. The van der Waals surface area contributed by atoms with E-state index in [9.17, 15) is 82.2 Å². The summed E-state index contributed by atoms with van der Waals surface area (Å²) in [5.41, 5.74) is 0. The van der Waals surface area contributed by atoms with Crippen molar-refractivity contribution in [2.75, 3.05) is 0 Å². The quantitative estimate of drug-likeness (QED) is 0.0120. The van der Waals surface area contributed by atoms with E-state index in [1.165, 1.54) is 0 Å². The van der Waals surface area contributed by atoms with Crippen LogP contribution in [0.3, 0.4) is 0 Å². The Bertz CT molecular complexity index is 3170. The van der Waals surface area contributed by atoms with Crippen LogP contribution in [-0.2, 0) is 181 Å². The zero-order valence-electron chi connectivity index (χ0n) is 54.6. The van der Waals surface area contributed by atoms with Crippen LogP contribution in [0.15, 0.2) is 0 Å². The van der Waals surface area contributed by atoms with Crippen LogP contribution in [-0.4, -0.2) is 301 Å². The van der Waals surface area contributed by atoms with Crippen molar-refractivity contribution in [3.05, 3.63) is 46.0 Å². The molecule has 0 aliphatic heterocycles. The Balaban J connectivity index is -0.000000788. The predicted molar refractivity (Wildman–Crippen MR) is 336 cm³/mol. The zero-order valence-corrected chi connectivity index (χ0v) is 71.8. The molecule has 0 aromatic rings. The minimum atomic E-state index is -6.02. The summed E-state index contributed by atoms with van der Waals surface area (Å²) in [6.45, 7) is 0. The van der Waals surface area contributed by atoms with Crippen LogP contribution in [0.1, 0.15) is 0 Å². The molecular formula is C18H54FeN3O81P18. The molecule has 3 saturated carbocycles. The molecule has 0 aromatic carbocycles. The van der Waals surface area contributed by atoms with Crippen LogP contribution in [0.25, 0.3) is 0 Å². The van der Waals surface area contributed by atoms with Gasteiger partial charge in [0.2, 0.25) is 0 Å². The molecule has 84 nitrogen and oxygen atoms in total. The molecule has 3 aliphatic carbocycles. The van der Waals surface area contributed by atoms with Gasteiger partial charge in [0.1, 0.15) is 110 Å². The molecule has 3 fully saturated rings. The van der Waals surface area contributed by atoms with E-state index in [0.717, 1.165) is 0 Å². The Morgan fingerprint density at radius 2 is 0.157 bits per heavy atom. The van der Waals surface area contributed by atoms with Gasteiger partial charge in [-0.15, -0.1) is 0 Å². The predicted octanol–water partition coefficient (Wildman–Crippen LogP) is -10.1. The number of nitrogens with zero attached hydrogens (tertiary/aromatic N) is 3. The Morgan fingerprint density at radius 1 is 0.132 bits per heavy atom. The molecule has 0 amide bonds. The summed E-state index contributed by atoms with van der Waals surface area (Å²) in [7, 11) is -108. The minimum Gasteiger partial charge on any atom is -0.356 e. The molecular weight excluding hydrogens is 2170 g/mol. The largest absolute Gasteiger partial charge is 3.00 e. The molecule has 3 rings (SSSR count). The van der Waals surface area contributed by atoms with Crippen LogP contribution in [0.2, 0.25) is 0 Å². The van der Waals surface area contributed by atoms with E-state index >= 15 is 0 Å². The first-order valence-electron chi connectivity index (χ1n) is 25.7. The second-order valence-corrected chi connectivity index (χ2v) is 41.2. The summed E-state index contributed by atoms with van der Waals surface area (Å²) in [5, 5.41) is 44.2. The molecule has 1 radical (unpaired) electrons. The minimum absolute atomic E-state index is 0. The Morgan fingerprint density at radius 3 is 0.174 bits per heavy atom. The average molecular weight is 2220 g/mol.